The third-order valence-corrected chi connectivity index (χ3v) is 5.48. The Morgan fingerprint density at radius 1 is 1.39 bits per heavy atom. The standard InChI is InChI=1S/C20H22N4O3S/c1-2-26-17-6-5-15(11-21-17)20(25)24-8-3-4-14(12-24)10-18-22-19(23-27-18)16-7-9-28-13-16/h5-7,9,11,13-14H,2-4,8,10,12H2,1H3. The zero-order chi connectivity index (χ0) is 19.3. The van der Waals surface area contributed by atoms with Crippen LogP contribution in [0.25, 0.3) is 11.4 Å². The van der Waals surface area contributed by atoms with Gasteiger partial charge < -0.3 is 14.2 Å². The van der Waals surface area contributed by atoms with E-state index in [1.807, 2.05) is 28.7 Å². The van der Waals surface area contributed by atoms with Gasteiger partial charge in [-0.05, 0) is 43.2 Å². The number of aromatic nitrogens is 3. The van der Waals surface area contributed by atoms with Crippen molar-refractivity contribution in [3.8, 4) is 17.3 Å². The van der Waals surface area contributed by atoms with Crippen molar-refractivity contribution in [3.63, 3.8) is 0 Å². The van der Waals surface area contributed by atoms with Gasteiger partial charge in [-0.3, -0.25) is 4.79 Å². The van der Waals surface area contributed by atoms with E-state index >= 15 is 0 Å². The molecule has 4 rings (SSSR count). The summed E-state index contributed by atoms with van der Waals surface area (Å²) in [4.78, 5) is 23.4. The number of hydrogen-bond acceptors (Lipinski definition) is 7. The number of carbonyl (C=O) groups is 1. The maximum atomic E-state index is 12.8. The molecule has 0 aromatic carbocycles. The number of ether oxygens (including phenoxy) is 1. The van der Waals surface area contributed by atoms with Gasteiger partial charge in [-0.15, -0.1) is 0 Å². The Morgan fingerprint density at radius 3 is 3.07 bits per heavy atom. The van der Waals surface area contributed by atoms with Crippen LogP contribution in [0.1, 0.15) is 36.0 Å². The number of likely N-dealkylation sites (tertiary alicyclic amines) is 1. The van der Waals surface area contributed by atoms with Gasteiger partial charge >= 0.3 is 0 Å². The van der Waals surface area contributed by atoms with Gasteiger partial charge in [0.05, 0.1) is 12.2 Å². The molecule has 3 aromatic heterocycles. The van der Waals surface area contributed by atoms with Gasteiger partial charge in [-0.1, -0.05) is 5.16 Å². The molecule has 4 heterocycles. The number of thiophene rings is 1. The van der Waals surface area contributed by atoms with Crippen LogP contribution in [0.3, 0.4) is 0 Å². The second-order valence-corrected chi connectivity index (χ2v) is 7.59. The second-order valence-electron chi connectivity index (χ2n) is 6.81. The van der Waals surface area contributed by atoms with Crippen molar-refractivity contribution in [1.29, 1.82) is 0 Å². The Morgan fingerprint density at radius 2 is 2.32 bits per heavy atom. The molecule has 7 nitrogen and oxygen atoms in total. The Hall–Kier alpha value is -2.74. The van der Waals surface area contributed by atoms with E-state index in [1.54, 1.807) is 29.7 Å². The molecule has 0 aliphatic carbocycles. The third kappa shape index (κ3) is 4.22. The zero-order valence-corrected chi connectivity index (χ0v) is 16.5. The molecule has 28 heavy (non-hydrogen) atoms. The molecule has 0 N–H and O–H groups in total. The highest BCUT2D eigenvalue weighted by molar-refractivity contribution is 7.08. The van der Waals surface area contributed by atoms with Crippen LogP contribution in [0.15, 0.2) is 39.7 Å². The molecule has 0 spiro atoms. The first kappa shape index (κ1) is 18.6. The lowest BCUT2D eigenvalue weighted by molar-refractivity contribution is 0.0667. The van der Waals surface area contributed by atoms with Crippen molar-refractivity contribution in [2.75, 3.05) is 19.7 Å². The number of pyridine rings is 1. The summed E-state index contributed by atoms with van der Waals surface area (Å²) in [6.07, 6.45) is 4.28. The van der Waals surface area contributed by atoms with Crippen LogP contribution < -0.4 is 4.74 Å². The molecular weight excluding hydrogens is 376 g/mol. The minimum absolute atomic E-state index is 0.00439. The van der Waals surface area contributed by atoms with E-state index in [2.05, 4.69) is 15.1 Å². The van der Waals surface area contributed by atoms with E-state index in [4.69, 9.17) is 9.26 Å². The quantitative estimate of drug-likeness (QED) is 0.630. The molecule has 0 bridgehead atoms. The van der Waals surface area contributed by atoms with Gasteiger partial charge in [-0.2, -0.15) is 16.3 Å². The molecule has 1 fully saturated rings. The van der Waals surface area contributed by atoms with Crippen LogP contribution in [-0.4, -0.2) is 45.6 Å². The highest BCUT2D eigenvalue weighted by atomic mass is 32.1. The Kier molecular flexibility index (Phi) is 5.66. The molecule has 8 heteroatoms. The molecule has 1 unspecified atom stereocenters. The summed E-state index contributed by atoms with van der Waals surface area (Å²) in [6.45, 7) is 3.90. The fraction of sp³-hybridized carbons (Fsp3) is 0.400. The van der Waals surface area contributed by atoms with Gasteiger partial charge in [0.15, 0.2) is 0 Å². The minimum atomic E-state index is 0.00439. The number of nitrogens with zero attached hydrogens (tertiary/aromatic N) is 4. The average molecular weight is 398 g/mol. The van der Waals surface area contributed by atoms with Crippen LogP contribution in [0.5, 0.6) is 5.88 Å². The molecule has 0 saturated carbocycles. The van der Waals surface area contributed by atoms with E-state index in [0.717, 1.165) is 24.9 Å². The van der Waals surface area contributed by atoms with E-state index in [9.17, 15) is 4.79 Å². The van der Waals surface area contributed by atoms with Crippen molar-refractivity contribution in [1.82, 2.24) is 20.0 Å². The normalized spacial score (nSPS) is 16.9. The minimum Gasteiger partial charge on any atom is -0.478 e. The van der Waals surface area contributed by atoms with Crippen LogP contribution in [-0.2, 0) is 6.42 Å². The zero-order valence-electron chi connectivity index (χ0n) is 15.7. The van der Waals surface area contributed by atoms with E-state index < -0.39 is 0 Å². The highest BCUT2D eigenvalue weighted by Gasteiger charge is 2.26. The Balaban J connectivity index is 1.38. The monoisotopic (exact) mass is 398 g/mol. The first-order valence-corrected chi connectivity index (χ1v) is 10.4. The first-order chi connectivity index (χ1) is 13.7. The van der Waals surface area contributed by atoms with Crippen molar-refractivity contribution in [2.24, 2.45) is 5.92 Å². The molecular formula is C20H22N4O3S. The van der Waals surface area contributed by atoms with Crippen LogP contribution in [0.2, 0.25) is 0 Å². The molecule has 1 aliphatic rings. The van der Waals surface area contributed by atoms with Crippen molar-refractivity contribution >= 4 is 17.2 Å². The lowest BCUT2D eigenvalue weighted by Gasteiger charge is -2.32. The van der Waals surface area contributed by atoms with Gasteiger partial charge in [0.2, 0.25) is 17.6 Å². The van der Waals surface area contributed by atoms with Crippen LogP contribution >= 0.6 is 11.3 Å². The number of rotatable bonds is 6. The molecule has 3 aromatic rings. The largest absolute Gasteiger partial charge is 0.478 e. The molecule has 146 valence electrons. The van der Waals surface area contributed by atoms with Gasteiger partial charge in [-0.25, -0.2) is 4.98 Å². The highest BCUT2D eigenvalue weighted by Crippen LogP contribution is 2.24. The molecule has 1 aliphatic heterocycles. The fourth-order valence-electron chi connectivity index (χ4n) is 3.43. The summed E-state index contributed by atoms with van der Waals surface area (Å²) in [5.74, 6) is 2.10. The Bertz CT molecular complexity index is 908. The number of amides is 1. The van der Waals surface area contributed by atoms with Gasteiger partial charge in [0.1, 0.15) is 0 Å². The van der Waals surface area contributed by atoms with Crippen molar-refractivity contribution < 1.29 is 14.1 Å². The third-order valence-electron chi connectivity index (χ3n) is 4.79. The SMILES string of the molecule is CCOc1ccc(C(=O)N2CCCC(Cc3nc(-c4ccsc4)no3)C2)cn1. The summed E-state index contributed by atoms with van der Waals surface area (Å²) < 4.78 is 10.8. The van der Waals surface area contributed by atoms with Crippen molar-refractivity contribution in [2.45, 2.75) is 26.2 Å². The lowest BCUT2D eigenvalue weighted by Crippen LogP contribution is -2.40. The van der Waals surface area contributed by atoms with E-state index in [0.29, 0.717) is 48.6 Å². The van der Waals surface area contributed by atoms with Crippen LogP contribution in [0, 0.1) is 5.92 Å². The summed E-state index contributed by atoms with van der Waals surface area (Å²) >= 11 is 1.61. The maximum Gasteiger partial charge on any atom is 0.255 e. The summed E-state index contributed by atoms with van der Waals surface area (Å²) in [5, 5.41) is 8.06. The number of piperidine rings is 1. The predicted octanol–water partition coefficient (Wildman–Crippen LogP) is 3.69. The first-order valence-electron chi connectivity index (χ1n) is 9.46. The van der Waals surface area contributed by atoms with Gasteiger partial charge in [0.25, 0.3) is 5.91 Å². The summed E-state index contributed by atoms with van der Waals surface area (Å²) in [7, 11) is 0. The van der Waals surface area contributed by atoms with Crippen LogP contribution in [0.4, 0.5) is 0 Å². The predicted molar refractivity (Wildman–Crippen MR) is 105 cm³/mol. The summed E-state index contributed by atoms with van der Waals surface area (Å²) in [6, 6.07) is 5.49. The number of carbonyl (C=O) groups excluding carboxylic acids is 1. The average Bonchev–Trinajstić information content (AvgIpc) is 3.40. The smallest absolute Gasteiger partial charge is 0.255 e. The summed E-state index contributed by atoms with van der Waals surface area (Å²) in [5.41, 5.74) is 1.56. The molecule has 1 saturated heterocycles. The van der Waals surface area contributed by atoms with E-state index in [-0.39, 0.29) is 5.91 Å². The second kappa shape index (κ2) is 8.52. The maximum absolute atomic E-state index is 12.8. The van der Waals surface area contributed by atoms with E-state index in [1.165, 1.54) is 0 Å². The molecule has 0 radical (unpaired) electrons. The topological polar surface area (TPSA) is 81.4 Å². The van der Waals surface area contributed by atoms with Gasteiger partial charge in [0, 0.05) is 42.7 Å². The Labute approximate surface area is 167 Å². The lowest BCUT2D eigenvalue weighted by atomic mass is 9.94. The molecule has 1 atom stereocenters. The van der Waals surface area contributed by atoms with Crippen molar-refractivity contribution in [3.05, 3.63) is 46.6 Å². The molecule has 1 amide bonds. The fourth-order valence-corrected chi connectivity index (χ4v) is 4.07. The number of hydrogen-bond donors (Lipinski definition) is 0.